The van der Waals surface area contributed by atoms with Crippen molar-refractivity contribution in [1.82, 2.24) is 19.4 Å². The van der Waals surface area contributed by atoms with E-state index in [1.165, 1.54) is 22.5 Å². The number of carbonyl (C=O) groups is 1. The molecule has 0 spiro atoms. The fourth-order valence-electron chi connectivity index (χ4n) is 3.81. The van der Waals surface area contributed by atoms with Crippen LogP contribution in [0.15, 0.2) is 41.3 Å². The summed E-state index contributed by atoms with van der Waals surface area (Å²) >= 11 is 0. The molecule has 2 aliphatic heterocycles. The minimum Gasteiger partial charge on any atom is -0.335 e. The van der Waals surface area contributed by atoms with Crippen molar-refractivity contribution >= 4 is 16.1 Å². The molecule has 9 heteroatoms. The van der Waals surface area contributed by atoms with Crippen molar-refractivity contribution in [2.45, 2.75) is 30.7 Å². The molecule has 29 heavy (non-hydrogen) atoms. The first kappa shape index (κ1) is 21.7. The maximum atomic E-state index is 13.9. The van der Waals surface area contributed by atoms with Crippen LogP contribution in [0, 0.1) is 5.82 Å². The van der Waals surface area contributed by atoms with Gasteiger partial charge >= 0.3 is 6.03 Å². The first-order chi connectivity index (χ1) is 13.8. The Morgan fingerprint density at radius 1 is 1.14 bits per heavy atom. The van der Waals surface area contributed by atoms with E-state index in [9.17, 15) is 17.6 Å². The van der Waals surface area contributed by atoms with Crippen LogP contribution < -0.4 is 5.32 Å². The van der Waals surface area contributed by atoms with Gasteiger partial charge in [-0.05, 0) is 31.9 Å². The molecule has 1 N–H and O–H groups in total. The smallest absolute Gasteiger partial charge is 0.317 e. The minimum absolute atomic E-state index is 0.129. The Morgan fingerprint density at radius 3 is 2.34 bits per heavy atom. The maximum absolute atomic E-state index is 13.9. The number of rotatable bonds is 5. The molecule has 2 fully saturated rings. The number of benzene rings is 1. The number of sulfonamides is 1. The van der Waals surface area contributed by atoms with Gasteiger partial charge in [-0.3, -0.25) is 4.90 Å². The average Bonchev–Trinajstić information content (AvgIpc) is 2.69. The molecular formula is C20H29FN4O3S. The van der Waals surface area contributed by atoms with Gasteiger partial charge in [-0.15, -0.1) is 0 Å². The number of nitrogens with zero attached hydrogens (tertiary/aromatic N) is 3. The van der Waals surface area contributed by atoms with Crippen LogP contribution in [0.5, 0.6) is 0 Å². The summed E-state index contributed by atoms with van der Waals surface area (Å²) in [4.78, 5) is 16.2. The van der Waals surface area contributed by atoms with E-state index < -0.39 is 15.8 Å². The zero-order chi connectivity index (χ0) is 21.0. The van der Waals surface area contributed by atoms with E-state index in [0.29, 0.717) is 0 Å². The summed E-state index contributed by atoms with van der Waals surface area (Å²) in [5.74, 6) is -0.759. The normalized spacial score (nSPS) is 19.9. The summed E-state index contributed by atoms with van der Waals surface area (Å²) in [6, 6.07) is 5.33. The lowest BCUT2D eigenvalue weighted by atomic mass is 10.0. The second-order valence-electron chi connectivity index (χ2n) is 7.78. The number of hydrogen-bond donors (Lipinski definition) is 1. The fraction of sp³-hybridized carbons (Fsp3) is 0.550. The highest BCUT2D eigenvalue weighted by Gasteiger charge is 2.32. The molecule has 1 aromatic carbocycles. The van der Waals surface area contributed by atoms with Crippen LogP contribution in [0.25, 0.3) is 0 Å². The van der Waals surface area contributed by atoms with Crippen LogP contribution in [-0.4, -0.2) is 80.4 Å². The second-order valence-corrected chi connectivity index (χ2v) is 9.68. The highest BCUT2D eigenvalue weighted by atomic mass is 32.2. The average molecular weight is 425 g/mol. The largest absolute Gasteiger partial charge is 0.335 e. The van der Waals surface area contributed by atoms with Gasteiger partial charge in [-0.1, -0.05) is 24.3 Å². The Hall–Kier alpha value is -1.97. The van der Waals surface area contributed by atoms with Crippen LogP contribution in [-0.2, 0) is 10.0 Å². The van der Waals surface area contributed by atoms with Crippen LogP contribution in [0.3, 0.4) is 0 Å². The molecule has 3 rings (SSSR count). The highest BCUT2D eigenvalue weighted by Crippen LogP contribution is 2.20. The van der Waals surface area contributed by atoms with Gasteiger partial charge < -0.3 is 10.2 Å². The van der Waals surface area contributed by atoms with Crippen LogP contribution in [0.2, 0.25) is 0 Å². The number of hydrogen-bond acceptors (Lipinski definition) is 4. The Bertz CT molecular complexity index is 845. The maximum Gasteiger partial charge on any atom is 0.317 e. The molecule has 0 bridgehead atoms. The monoisotopic (exact) mass is 424 g/mol. The molecule has 2 aliphatic rings. The van der Waals surface area contributed by atoms with Gasteiger partial charge in [-0.2, -0.15) is 4.31 Å². The van der Waals surface area contributed by atoms with E-state index in [1.807, 2.05) is 6.92 Å². The summed E-state index contributed by atoms with van der Waals surface area (Å²) in [7, 11) is -3.90. The van der Waals surface area contributed by atoms with Gasteiger partial charge in [-0.25, -0.2) is 17.6 Å². The quantitative estimate of drug-likeness (QED) is 0.733. The molecule has 0 atom stereocenters. The molecular weight excluding hydrogens is 395 g/mol. The summed E-state index contributed by atoms with van der Waals surface area (Å²) < 4.78 is 40.5. The van der Waals surface area contributed by atoms with Gasteiger partial charge in [0.15, 0.2) is 0 Å². The molecule has 0 unspecified atom stereocenters. The van der Waals surface area contributed by atoms with E-state index in [4.69, 9.17) is 0 Å². The summed E-state index contributed by atoms with van der Waals surface area (Å²) in [6.07, 6.45) is 1.78. The predicted octanol–water partition coefficient (Wildman–Crippen LogP) is 1.88. The number of carbonyl (C=O) groups excluding carboxylic acids is 1. The van der Waals surface area contributed by atoms with Crippen molar-refractivity contribution in [3.8, 4) is 0 Å². The van der Waals surface area contributed by atoms with Crippen molar-refractivity contribution in [2.24, 2.45) is 0 Å². The first-order valence-corrected chi connectivity index (χ1v) is 11.4. The van der Waals surface area contributed by atoms with Crippen molar-refractivity contribution in [1.29, 1.82) is 0 Å². The zero-order valence-corrected chi connectivity index (χ0v) is 17.6. The number of halogens is 1. The summed E-state index contributed by atoms with van der Waals surface area (Å²) in [6.45, 7) is 9.57. The Labute approximate surface area is 172 Å². The molecule has 0 aromatic heterocycles. The predicted molar refractivity (Wildman–Crippen MR) is 110 cm³/mol. The fourth-order valence-corrected chi connectivity index (χ4v) is 5.29. The van der Waals surface area contributed by atoms with Gasteiger partial charge in [0, 0.05) is 51.9 Å². The van der Waals surface area contributed by atoms with Crippen molar-refractivity contribution in [3.63, 3.8) is 0 Å². The zero-order valence-electron chi connectivity index (χ0n) is 16.8. The standard InChI is InChI=1S/C20H29FN4O3S/c1-16(2)15-23-9-7-17(8-10-23)22-20(26)24-11-13-25(14-12-24)29(27,28)19-6-4-3-5-18(19)21/h3-6,17H,1,7-15H2,2H3,(H,22,26). The Morgan fingerprint density at radius 2 is 1.76 bits per heavy atom. The first-order valence-electron chi connectivity index (χ1n) is 9.94. The lowest BCUT2D eigenvalue weighted by Crippen LogP contribution is -2.55. The number of amides is 2. The number of urea groups is 1. The van der Waals surface area contributed by atoms with Crippen molar-refractivity contribution in [3.05, 3.63) is 42.2 Å². The summed E-state index contributed by atoms with van der Waals surface area (Å²) in [5.41, 5.74) is 1.13. The third kappa shape index (κ3) is 5.34. The minimum atomic E-state index is -3.90. The van der Waals surface area contributed by atoms with E-state index in [-0.39, 0.29) is 43.1 Å². The molecule has 7 nitrogen and oxygen atoms in total. The van der Waals surface area contributed by atoms with Crippen molar-refractivity contribution in [2.75, 3.05) is 45.8 Å². The molecule has 1 aromatic rings. The highest BCUT2D eigenvalue weighted by molar-refractivity contribution is 7.89. The third-order valence-electron chi connectivity index (χ3n) is 5.39. The van der Waals surface area contributed by atoms with E-state index in [2.05, 4.69) is 16.8 Å². The Balaban J connectivity index is 1.49. The number of nitrogens with one attached hydrogen (secondary N) is 1. The lowest BCUT2D eigenvalue weighted by Gasteiger charge is -2.36. The van der Waals surface area contributed by atoms with E-state index in [0.717, 1.165) is 44.1 Å². The Kier molecular flexibility index (Phi) is 6.92. The van der Waals surface area contributed by atoms with Crippen molar-refractivity contribution < 1.29 is 17.6 Å². The van der Waals surface area contributed by atoms with Crippen LogP contribution in [0.4, 0.5) is 9.18 Å². The van der Waals surface area contributed by atoms with Gasteiger partial charge in [0.2, 0.25) is 10.0 Å². The third-order valence-corrected chi connectivity index (χ3v) is 7.32. The molecule has 0 aliphatic carbocycles. The van der Waals surface area contributed by atoms with Gasteiger partial charge in [0.1, 0.15) is 10.7 Å². The number of piperidine rings is 1. The van der Waals surface area contributed by atoms with Gasteiger partial charge in [0.25, 0.3) is 0 Å². The summed E-state index contributed by atoms with van der Waals surface area (Å²) in [5, 5.41) is 3.07. The van der Waals surface area contributed by atoms with Crippen LogP contribution >= 0.6 is 0 Å². The molecule has 0 radical (unpaired) electrons. The topological polar surface area (TPSA) is 73.0 Å². The van der Waals surface area contributed by atoms with Gasteiger partial charge in [0.05, 0.1) is 0 Å². The molecule has 2 amide bonds. The molecule has 0 saturated carbocycles. The van der Waals surface area contributed by atoms with E-state index in [1.54, 1.807) is 4.90 Å². The molecule has 2 heterocycles. The molecule has 160 valence electrons. The SMILES string of the molecule is C=C(C)CN1CCC(NC(=O)N2CCN(S(=O)(=O)c3ccccc3F)CC2)CC1. The number of piperazine rings is 1. The van der Waals surface area contributed by atoms with Crippen LogP contribution in [0.1, 0.15) is 19.8 Å². The van der Waals surface area contributed by atoms with E-state index >= 15 is 0 Å². The second kappa shape index (κ2) is 9.23. The lowest BCUT2D eigenvalue weighted by molar-refractivity contribution is 0.158. The number of likely N-dealkylation sites (tertiary alicyclic amines) is 1. The molecule has 2 saturated heterocycles.